The van der Waals surface area contributed by atoms with Gasteiger partial charge in [-0.15, -0.1) is 0 Å². The molecule has 0 saturated heterocycles. The fourth-order valence-electron chi connectivity index (χ4n) is 2.24. The van der Waals surface area contributed by atoms with Crippen LogP contribution in [0.25, 0.3) is 33.0 Å². The highest BCUT2D eigenvalue weighted by Gasteiger charge is 2.10. The van der Waals surface area contributed by atoms with Crippen molar-refractivity contribution in [2.24, 2.45) is 0 Å². The van der Waals surface area contributed by atoms with Gasteiger partial charge in [0.05, 0.1) is 5.52 Å². The predicted octanol–water partition coefficient (Wildman–Crippen LogP) is 5.07. The van der Waals surface area contributed by atoms with Crippen molar-refractivity contribution in [1.29, 1.82) is 0 Å². The molecule has 4 rings (SSSR count). The zero-order valence-corrected chi connectivity index (χ0v) is 13.0. The van der Waals surface area contributed by atoms with E-state index in [9.17, 15) is 0 Å². The fraction of sp³-hybridized carbons (Fsp3) is 0. The lowest BCUT2D eigenvalue weighted by atomic mass is 10.2. The Labute approximate surface area is 136 Å². The zero-order chi connectivity index (χ0) is 14.9. The quantitative estimate of drug-likeness (QED) is 0.516. The van der Waals surface area contributed by atoms with Crippen LogP contribution in [0.3, 0.4) is 0 Å². The van der Waals surface area contributed by atoms with Gasteiger partial charge < -0.3 is 0 Å². The molecule has 2 heterocycles. The van der Waals surface area contributed by atoms with Crippen LogP contribution < -0.4 is 0 Å². The second-order valence-corrected chi connectivity index (χ2v) is 6.01. The topological polar surface area (TPSA) is 38.7 Å². The predicted molar refractivity (Wildman–Crippen MR) is 91.1 cm³/mol. The summed E-state index contributed by atoms with van der Waals surface area (Å²) in [7, 11) is 0. The van der Waals surface area contributed by atoms with Crippen molar-refractivity contribution >= 4 is 34.0 Å². The Morgan fingerprint density at radius 1 is 0.864 bits per heavy atom. The van der Waals surface area contributed by atoms with Crippen LogP contribution in [0.1, 0.15) is 0 Å². The third kappa shape index (κ3) is 2.47. The van der Waals surface area contributed by atoms with Gasteiger partial charge in [0.15, 0.2) is 10.8 Å². The van der Waals surface area contributed by atoms with Crippen molar-refractivity contribution in [2.75, 3.05) is 0 Å². The van der Waals surface area contributed by atoms with E-state index in [1.54, 1.807) is 0 Å². The van der Waals surface area contributed by atoms with Gasteiger partial charge in [-0.2, -0.15) is 4.37 Å². The van der Waals surface area contributed by atoms with E-state index >= 15 is 0 Å². The number of benzene rings is 2. The molecule has 0 aliphatic heterocycles. The molecule has 5 heteroatoms. The highest BCUT2D eigenvalue weighted by Crippen LogP contribution is 2.27. The van der Waals surface area contributed by atoms with E-state index < -0.39 is 0 Å². The smallest absolute Gasteiger partial charge is 0.173 e. The van der Waals surface area contributed by atoms with Crippen LogP contribution in [0.2, 0.25) is 5.02 Å². The van der Waals surface area contributed by atoms with Gasteiger partial charge in [-0.25, -0.2) is 9.97 Å². The first-order chi connectivity index (χ1) is 10.8. The Hall–Kier alpha value is -2.30. The van der Waals surface area contributed by atoms with Crippen LogP contribution >= 0.6 is 23.1 Å². The molecule has 0 radical (unpaired) electrons. The highest BCUT2D eigenvalue weighted by molar-refractivity contribution is 7.09. The van der Waals surface area contributed by atoms with Gasteiger partial charge >= 0.3 is 0 Å². The van der Waals surface area contributed by atoms with E-state index in [-0.39, 0.29) is 0 Å². The number of halogens is 1. The van der Waals surface area contributed by atoms with E-state index in [4.69, 9.17) is 11.6 Å². The van der Waals surface area contributed by atoms with E-state index in [0.717, 1.165) is 33.0 Å². The molecule has 0 atom stereocenters. The highest BCUT2D eigenvalue weighted by atomic mass is 35.5. The normalized spacial score (nSPS) is 11.0. The Balaban J connectivity index is 1.77. The molecule has 0 amide bonds. The molecule has 2 aromatic carbocycles. The molecule has 0 aliphatic rings. The molecule has 2 aromatic heterocycles. The summed E-state index contributed by atoms with van der Waals surface area (Å²) in [6, 6.07) is 19.6. The molecule has 0 fully saturated rings. The number of nitrogens with zero attached hydrogens (tertiary/aromatic N) is 3. The number of pyridine rings is 1. The number of fused-ring (bicyclic) bond motifs is 1. The maximum atomic E-state index is 6.04. The second kappa shape index (κ2) is 5.48. The molecular formula is C17H10ClN3S. The second-order valence-electron chi connectivity index (χ2n) is 4.82. The molecular weight excluding hydrogens is 314 g/mol. The summed E-state index contributed by atoms with van der Waals surface area (Å²) in [4.78, 5) is 9.23. The Kier molecular flexibility index (Phi) is 3.33. The lowest BCUT2D eigenvalue weighted by Gasteiger charge is -2.00. The SMILES string of the molecule is Clc1ccc2ccc(-c3nc(-c4ccccc4)ns3)nc2c1. The van der Waals surface area contributed by atoms with E-state index in [0.29, 0.717) is 5.02 Å². The van der Waals surface area contributed by atoms with Crippen molar-refractivity contribution < 1.29 is 0 Å². The Morgan fingerprint density at radius 3 is 2.55 bits per heavy atom. The minimum atomic E-state index is 0.680. The Morgan fingerprint density at radius 2 is 1.68 bits per heavy atom. The maximum absolute atomic E-state index is 6.04. The average molecular weight is 324 g/mol. The van der Waals surface area contributed by atoms with Crippen LogP contribution in [0.15, 0.2) is 60.7 Å². The van der Waals surface area contributed by atoms with Gasteiger partial charge in [0.1, 0.15) is 5.69 Å². The molecule has 0 unspecified atom stereocenters. The number of aromatic nitrogens is 3. The van der Waals surface area contributed by atoms with Gasteiger partial charge in [-0.05, 0) is 29.7 Å². The average Bonchev–Trinajstić information content (AvgIpc) is 3.05. The molecule has 22 heavy (non-hydrogen) atoms. The summed E-state index contributed by atoms with van der Waals surface area (Å²) < 4.78 is 4.42. The van der Waals surface area contributed by atoms with Crippen molar-refractivity contribution in [3.63, 3.8) is 0 Å². The summed E-state index contributed by atoms with van der Waals surface area (Å²) in [5.41, 5.74) is 2.68. The lowest BCUT2D eigenvalue weighted by Crippen LogP contribution is -1.85. The molecule has 0 saturated carbocycles. The third-order valence-corrected chi connectivity index (χ3v) is 4.30. The summed E-state index contributed by atoms with van der Waals surface area (Å²) in [5, 5.41) is 2.54. The molecule has 0 aliphatic carbocycles. The number of hydrogen-bond acceptors (Lipinski definition) is 4. The van der Waals surface area contributed by atoms with Gasteiger partial charge in [0.25, 0.3) is 0 Å². The van der Waals surface area contributed by atoms with Crippen molar-refractivity contribution in [1.82, 2.24) is 14.3 Å². The number of rotatable bonds is 2. The zero-order valence-electron chi connectivity index (χ0n) is 11.4. The Bertz CT molecular complexity index is 950. The van der Waals surface area contributed by atoms with E-state index in [1.165, 1.54) is 11.5 Å². The molecule has 0 spiro atoms. The molecule has 0 bridgehead atoms. The van der Waals surface area contributed by atoms with Gasteiger partial charge in [0, 0.05) is 16.0 Å². The first-order valence-electron chi connectivity index (χ1n) is 6.75. The first-order valence-corrected chi connectivity index (χ1v) is 7.90. The van der Waals surface area contributed by atoms with Crippen LogP contribution in [-0.2, 0) is 0 Å². The van der Waals surface area contributed by atoms with Crippen LogP contribution in [0.5, 0.6) is 0 Å². The fourth-order valence-corrected chi connectivity index (χ4v) is 3.06. The lowest BCUT2D eigenvalue weighted by molar-refractivity contribution is 1.30. The van der Waals surface area contributed by atoms with Gasteiger partial charge in [0.2, 0.25) is 0 Å². The standard InChI is InChI=1S/C17H10ClN3S/c18-13-8-6-11-7-9-14(19-15(11)10-13)17-20-16(21-22-17)12-4-2-1-3-5-12/h1-10H. The van der Waals surface area contributed by atoms with Crippen LogP contribution in [-0.4, -0.2) is 14.3 Å². The monoisotopic (exact) mass is 323 g/mol. The summed E-state index contributed by atoms with van der Waals surface area (Å²) in [5.74, 6) is 0.730. The minimum Gasteiger partial charge on any atom is -0.245 e. The van der Waals surface area contributed by atoms with Crippen LogP contribution in [0.4, 0.5) is 0 Å². The summed E-state index contributed by atoms with van der Waals surface area (Å²) in [6.07, 6.45) is 0. The van der Waals surface area contributed by atoms with Gasteiger partial charge in [-0.1, -0.05) is 54.1 Å². The molecule has 0 N–H and O–H groups in total. The van der Waals surface area contributed by atoms with E-state index in [1.807, 2.05) is 60.7 Å². The number of hydrogen-bond donors (Lipinski definition) is 0. The largest absolute Gasteiger partial charge is 0.245 e. The van der Waals surface area contributed by atoms with Gasteiger partial charge in [-0.3, -0.25) is 0 Å². The summed E-state index contributed by atoms with van der Waals surface area (Å²) >= 11 is 7.39. The minimum absolute atomic E-state index is 0.680. The van der Waals surface area contributed by atoms with E-state index in [2.05, 4.69) is 14.3 Å². The van der Waals surface area contributed by atoms with Crippen molar-refractivity contribution in [3.05, 3.63) is 65.7 Å². The maximum Gasteiger partial charge on any atom is 0.173 e. The first kappa shape index (κ1) is 13.4. The van der Waals surface area contributed by atoms with Crippen molar-refractivity contribution in [3.8, 4) is 22.1 Å². The molecule has 106 valence electrons. The molecule has 3 nitrogen and oxygen atoms in total. The summed E-state index contributed by atoms with van der Waals surface area (Å²) in [6.45, 7) is 0. The van der Waals surface area contributed by atoms with Crippen molar-refractivity contribution in [2.45, 2.75) is 0 Å². The molecule has 4 aromatic rings. The third-order valence-electron chi connectivity index (χ3n) is 3.33. The van der Waals surface area contributed by atoms with Crippen LogP contribution in [0, 0.1) is 0 Å².